The number of aromatic amines is 2. The Morgan fingerprint density at radius 1 is 1.19 bits per heavy atom. The monoisotopic (exact) mass is 437 g/mol. The van der Waals surface area contributed by atoms with Gasteiger partial charge in [-0.2, -0.15) is 10.1 Å². The van der Waals surface area contributed by atoms with Crippen molar-refractivity contribution >= 4 is 28.1 Å². The summed E-state index contributed by atoms with van der Waals surface area (Å²) in [7, 11) is 1.62. The molecule has 31 heavy (non-hydrogen) atoms. The Balaban J connectivity index is 1.36. The van der Waals surface area contributed by atoms with Crippen LogP contribution < -0.4 is 24.6 Å². The second-order valence-corrected chi connectivity index (χ2v) is 7.78. The zero-order chi connectivity index (χ0) is 21.6. The van der Waals surface area contributed by atoms with Gasteiger partial charge >= 0.3 is 10.8 Å². The summed E-state index contributed by atoms with van der Waals surface area (Å²) in [6.45, 7) is 0.765. The van der Waals surface area contributed by atoms with Crippen molar-refractivity contribution in [1.29, 1.82) is 0 Å². The Labute approximate surface area is 181 Å². The molecule has 9 heteroatoms. The largest absolute Gasteiger partial charge is 0.489 e. The SMILES string of the molecule is COc1cc(COc2ccc(C(=O)NCCc3n[nH]c(=O)s3)cc2)c2ccccc2[nH+]1. The highest BCUT2D eigenvalue weighted by molar-refractivity contribution is 7.08. The van der Waals surface area contributed by atoms with Crippen LogP contribution in [0, 0.1) is 0 Å². The lowest BCUT2D eigenvalue weighted by Gasteiger charge is -2.09. The maximum absolute atomic E-state index is 12.3. The molecular weight excluding hydrogens is 416 g/mol. The summed E-state index contributed by atoms with van der Waals surface area (Å²) in [4.78, 5) is 26.4. The average Bonchev–Trinajstić information content (AvgIpc) is 3.22. The van der Waals surface area contributed by atoms with Crippen LogP contribution in [0.15, 0.2) is 59.4 Å². The maximum Gasteiger partial charge on any atom is 0.366 e. The molecule has 0 aliphatic carbocycles. The second-order valence-electron chi connectivity index (χ2n) is 6.73. The fourth-order valence-electron chi connectivity index (χ4n) is 3.12. The number of rotatable bonds is 8. The van der Waals surface area contributed by atoms with Gasteiger partial charge in [-0.25, -0.2) is 5.10 Å². The molecular formula is C22H21N4O4S+. The third-order valence-corrected chi connectivity index (χ3v) is 5.48. The van der Waals surface area contributed by atoms with E-state index < -0.39 is 0 Å². The standard InChI is InChI=1S/C22H20N4O4S/c1-29-19-12-15(17-4-2-3-5-18(17)24-19)13-30-16-8-6-14(7-9-16)21(27)23-11-10-20-25-26-22(28)31-20/h2-9,12H,10-11,13H2,1H3,(H,23,27)(H,26,28)/p+1. The first-order valence-electron chi connectivity index (χ1n) is 9.66. The van der Waals surface area contributed by atoms with Crippen molar-refractivity contribution in [3.05, 3.63) is 80.4 Å². The second kappa shape index (κ2) is 9.40. The van der Waals surface area contributed by atoms with Crippen LogP contribution in [0.25, 0.3) is 10.9 Å². The van der Waals surface area contributed by atoms with Crippen molar-refractivity contribution < 1.29 is 19.3 Å². The Hall–Kier alpha value is -3.72. The number of benzene rings is 2. The third kappa shape index (κ3) is 5.07. The molecule has 0 atom stereocenters. The van der Waals surface area contributed by atoms with E-state index in [1.165, 1.54) is 0 Å². The van der Waals surface area contributed by atoms with Gasteiger partial charge in [-0.15, -0.1) is 0 Å². The lowest BCUT2D eigenvalue weighted by Crippen LogP contribution is -2.25. The van der Waals surface area contributed by atoms with E-state index in [1.54, 1.807) is 31.4 Å². The normalized spacial score (nSPS) is 10.7. The first-order valence-corrected chi connectivity index (χ1v) is 10.5. The minimum atomic E-state index is -0.197. The molecule has 8 nitrogen and oxygen atoms in total. The molecule has 4 rings (SSSR count). The number of nitrogens with one attached hydrogen (secondary N) is 3. The number of carbonyl (C=O) groups is 1. The fourth-order valence-corrected chi connectivity index (χ4v) is 3.72. The van der Waals surface area contributed by atoms with E-state index in [9.17, 15) is 9.59 Å². The van der Waals surface area contributed by atoms with Gasteiger partial charge in [0.25, 0.3) is 5.91 Å². The summed E-state index contributed by atoms with van der Waals surface area (Å²) in [5, 5.41) is 10.8. The molecule has 0 aliphatic heterocycles. The first-order chi connectivity index (χ1) is 15.1. The molecule has 3 N–H and O–H groups in total. The van der Waals surface area contributed by atoms with E-state index in [0.717, 1.165) is 27.8 Å². The molecule has 2 aromatic carbocycles. The van der Waals surface area contributed by atoms with Crippen LogP contribution in [0.2, 0.25) is 0 Å². The van der Waals surface area contributed by atoms with E-state index >= 15 is 0 Å². The molecule has 1 amide bonds. The van der Waals surface area contributed by atoms with Gasteiger partial charge in [-0.05, 0) is 30.3 Å². The van der Waals surface area contributed by atoms with Gasteiger partial charge in [0.05, 0.1) is 18.6 Å². The van der Waals surface area contributed by atoms with Crippen LogP contribution >= 0.6 is 11.3 Å². The van der Waals surface area contributed by atoms with Crippen molar-refractivity contribution in [3.63, 3.8) is 0 Å². The number of aromatic nitrogens is 3. The Bertz CT molecular complexity index is 1250. The molecule has 0 aliphatic rings. The van der Waals surface area contributed by atoms with Crippen molar-refractivity contribution in [2.75, 3.05) is 13.7 Å². The van der Waals surface area contributed by atoms with E-state index in [-0.39, 0.29) is 10.8 Å². The summed E-state index contributed by atoms with van der Waals surface area (Å²) in [5.41, 5.74) is 2.49. The van der Waals surface area contributed by atoms with Gasteiger partial charge in [0.15, 0.2) is 0 Å². The number of methoxy groups -OCH3 is 1. The number of hydrogen-bond donors (Lipinski definition) is 2. The molecule has 2 heterocycles. The summed E-state index contributed by atoms with van der Waals surface area (Å²) < 4.78 is 11.3. The van der Waals surface area contributed by atoms with Gasteiger partial charge < -0.3 is 14.8 Å². The average molecular weight is 438 g/mol. The highest BCUT2D eigenvalue weighted by Crippen LogP contribution is 2.21. The number of carbonyl (C=O) groups excluding carboxylic acids is 1. The van der Waals surface area contributed by atoms with Crippen LogP contribution in [0.1, 0.15) is 20.9 Å². The highest BCUT2D eigenvalue weighted by atomic mass is 32.1. The van der Waals surface area contributed by atoms with Gasteiger partial charge in [0, 0.05) is 30.2 Å². The Morgan fingerprint density at radius 3 is 2.74 bits per heavy atom. The predicted molar refractivity (Wildman–Crippen MR) is 117 cm³/mol. The molecule has 0 spiro atoms. The highest BCUT2D eigenvalue weighted by Gasteiger charge is 2.12. The summed E-state index contributed by atoms with van der Waals surface area (Å²) in [5.74, 6) is 1.13. The number of ether oxygens (including phenoxy) is 2. The summed E-state index contributed by atoms with van der Waals surface area (Å²) in [6, 6.07) is 16.8. The smallest absolute Gasteiger partial charge is 0.366 e. The van der Waals surface area contributed by atoms with Crippen molar-refractivity contribution in [2.24, 2.45) is 0 Å². The summed E-state index contributed by atoms with van der Waals surface area (Å²) in [6.07, 6.45) is 0.502. The number of nitrogens with zero attached hydrogens (tertiary/aromatic N) is 1. The van der Waals surface area contributed by atoms with E-state index in [1.807, 2.05) is 30.3 Å². The van der Waals surface area contributed by atoms with Crippen LogP contribution in [-0.4, -0.2) is 29.8 Å². The number of fused-ring (bicyclic) bond motifs is 1. The van der Waals surface area contributed by atoms with Gasteiger partial charge in [0.1, 0.15) is 17.4 Å². The Morgan fingerprint density at radius 2 is 2.00 bits per heavy atom. The van der Waals surface area contributed by atoms with Crippen LogP contribution in [0.5, 0.6) is 11.6 Å². The van der Waals surface area contributed by atoms with Crippen molar-refractivity contribution in [3.8, 4) is 11.6 Å². The fraction of sp³-hybridized carbons (Fsp3) is 0.182. The molecule has 0 unspecified atom stereocenters. The molecule has 0 bridgehead atoms. The summed E-state index contributed by atoms with van der Waals surface area (Å²) >= 11 is 1.04. The Kier molecular flexibility index (Phi) is 6.23. The number of hydrogen-bond acceptors (Lipinski definition) is 6. The molecule has 0 saturated heterocycles. The van der Waals surface area contributed by atoms with Crippen molar-refractivity contribution in [2.45, 2.75) is 13.0 Å². The number of amides is 1. The van der Waals surface area contributed by atoms with Gasteiger partial charge in [-0.3, -0.25) is 9.59 Å². The van der Waals surface area contributed by atoms with Gasteiger partial charge in [-0.1, -0.05) is 23.5 Å². The minimum Gasteiger partial charge on any atom is -0.489 e. The quantitative estimate of drug-likeness (QED) is 0.440. The van der Waals surface area contributed by atoms with E-state index in [2.05, 4.69) is 20.5 Å². The maximum atomic E-state index is 12.3. The van der Waals surface area contributed by atoms with Gasteiger partial charge in [0.2, 0.25) is 5.52 Å². The molecule has 4 aromatic rings. The number of H-pyrrole nitrogens is 2. The third-order valence-electron chi connectivity index (χ3n) is 4.67. The minimum absolute atomic E-state index is 0.191. The van der Waals surface area contributed by atoms with Crippen molar-refractivity contribution in [1.82, 2.24) is 15.5 Å². The van der Waals surface area contributed by atoms with E-state index in [4.69, 9.17) is 9.47 Å². The van der Waals surface area contributed by atoms with Crippen LogP contribution in [0.3, 0.4) is 0 Å². The molecule has 0 fully saturated rings. The molecule has 0 radical (unpaired) electrons. The molecule has 2 aromatic heterocycles. The zero-order valence-electron chi connectivity index (χ0n) is 16.8. The number of para-hydroxylation sites is 1. The van der Waals surface area contributed by atoms with E-state index in [0.29, 0.717) is 41.8 Å². The number of pyridine rings is 1. The molecule has 0 saturated carbocycles. The lowest BCUT2D eigenvalue weighted by molar-refractivity contribution is -0.361. The lowest BCUT2D eigenvalue weighted by atomic mass is 10.1. The van der Waals surface area contributed by atoms with Crippen LogP contribution in [-0.2, 0) is 13.0 Å². The zero-order valence-corrected chi connectivity index (χ0v) is 17.6. The topological polar surface area (TPSA) is 107 Å². The first kappa shape index (κ1) is 20.5. The molecule has 158 valence electrons. The predicted octanol–water partition coefficient (Wildman–Crippen LogP) is 2.36. The van der Waals surface area contributed by atoms with Crippen LogP contribution in [0.4, 0.5) is 0 Å².